The van der Waals surface area contributed by atoms with E-state index >= 15 is 0 Å². The second-order valence-electron chi connectivity index (χ2n) is 4.93. The van der Waals surface area contributed by atoms with E-state index in [2.05, 4.69) is 19.2 Å². The van der Waals surface area contributed by atoms with Crippen molar-refractivity contribution in [1.82, 2.24) is 5.32 Å². The number of hydrogen-bond acceptors (Lipinski definition) is 3. The molecule has 0 spiro atoms. The highest BCUT2D eigenvalue weighted by atomic mass is 19.1. The van der Waals surface area contributed by atoms with E-state index in [9.17, 15) is 4.39 Å². The molecule has 0 bridgehead atoms. The quantitative estimate of drug-likeness (QED) is 0.798. The smallest absolute Gasteiger partial charge is 0.123 e. The van der Waals surface area contributed by atoms with E-state index < -0.39 is 0 Å². The van der Waals surface area contributed by atoms with Crippen molar-refractivity contribution in [3.63, 3.8) is 0 Å². The number of benzene rings is 1. The van der Waals surface area contributed by atoms with Gasteiger partial charge in [0.1, 0.15) is 11.6 Å². The summed E-state index contributed by atoms with van der Waals surface area (Å²) in [6.45, 7) is 6.14. The van der Waals surface area contributed by atoms with Crippen LogP contribution in [0.2, 0.25) is 0 Å². The second-order valence-corrected chi connectivity index (χ2v) is 4.93. The van der Waals surface area contributed by atoms with Gasteiger partial charge in [-0.3, -0.25) is 0 Å². The lowest BCUT2D eigenvalue weighted by Crippen LogP contribution is -2.35. The Balaban J connectivity index is 2.59. The van der Waals surface area contributed by atoms with Crippen LogP contribution in [0.3, 0.4) is 0 Å². The molecule has 0 radical (unpaired) electrons. The van der Waals surface area contributed by atoms with E-state index in [4.69, 9.17) is 10.5 Å². The Hall–Kier alpha value is -1.13. The van der Waals surface area contributed by atoms with Crippen LogP contribution in [0.4, 0.5) is 4.39 Å². The molecule has 1 rings (SSSR count). The summed E-state index contributed by atoms with van der Waals surface area (Å²) in [7, 11) is 1.58. The number of rotatable bonds is 6. The number of methoxy groups -OCH3 is 1. The highest BCUT2D eigenvalue weighted by molar-refractivity contribution is 5.33. The van der Waals surface area contributed by atoms with Crippen molar-refractivity contribution < 1.29 is 9.13 Å². The molecule has 0 aliphatic carbocycles. The molecule has 0 unspecified atom stereocenters. The molecule has 3 nitrogen and oxygen atoms in total. The first-order valence-electron chi connectivity index (χ1n) is 5.72. The Morgan fingerprint density at radius 2 is 2.12 bits per heavy atom. The van der Waals surface area contributed by atoms with Crippen LogP contribution in [0.25, 0.3) is 0 Å². The lowest BCUT2D eigenvalue weighted by atomic mass is 9.94. The Labute approximate surface area is 102 Å². The number of hydrogen-bond donors (Lipinski definition) is 2. The molecule has 1 aromatic carbocycles. The van der Waals surface area contributed by atoms with Crippen molar-refractivity contribution >= 4 is 0 Å². The number of nitrogens with two attached hydrogens (primary N) is 1. The molecular weight excluding hydrogens is 219 g/mol. The molecule has 1 aromatic rings. The maximum Gasteiger partial charge on any atom is 0.123 e. The van der Waals surface area contributed by atoms with E-state index in [0.29, 0.717) is 18.8 Å². The zero-order chi connectivity index (χ0) is 12.9. The molecule has 0 aliphatic rings. The van der Waals surface area contributed by atoms with Crippen LogP contribution < -0.4 is 15.8 Å². The van der Waals surface area contributed by atoms with Gasteiger partial charge in [0.25, 0.3) is 0 Å². The second kappa shape index (κ2) is 5.98. The van der Waals surface area contributed by atoms with E-state index in [1.165, 1.54) is 12.1 Å². The molecule has 0 heterocycles. The summed E-state index contributed by atoms with van der Waals surface area (Å²) in [6, 6.07) is 4.52. The average Bonchev–Trinajstić information content (AvgIpc) is 2.29. The van der Waals surface area contributed by atoms with Crippen LogP contribution >= 0.6 is 0 Å². The molecule has 4 heteroatoms. The van der Waals surface area contributed by atoms with Crippen LogP contribution in [0.5, 0.6) is 5.75 Å². The summed E-state index contributed by atoms with van der Waals surface area (Å²) in [5.41, 5.74) is 6.50. The van der Waals surface area contributed by atoms with Crippen molar-refractivity contribution in [2.75, 3.05) is 20.2 Å². The van der Waals surface area contributed by atoms with Gasteiger partial charge < -0.3 is 15.8 Å². The van der Waals surface area contributed by atoms with Gasteiger partial charge in [-0.15, -0.1) is 0 Å². The lowest BCUT2D eigenvalue weighted by Gasteiger charge is -2.23. The molecule has 3 N–H and O–H groups in total. The Morgan fingerprint density at radius 3 is 2.71 bits per heavy atom. The van der Waals surface area contributed by atoms with Crippen molar-refractivity contribution in [1.29, 1.82) is 0 Å². The van der Waals surface area contributed by atoms with E-state index in [-0.39, 0.29) is 11.2 Å². The Kier molecular flexibility index (Phi) is 4.90. The molecule has 0 aromatic heterocycles. The summed E-state index contributed by atoms with van der Waals surface area (Å²) in [5.74, 6) is 0.449. The third kappa shape index (κ3) is 4.32. The molecule has 0 atom stereocenters. The molecule has 0 saturated carbocycles. The predicted molar refractivity (Wildman–Crippen MR) is 67.5 cm³/mol. The lowest BCUT2D eigenvalue weighted by molar-refractivity contribution is 0.348. The minimum Gasteiger partial charge on any atom is -0.496 e. The van der Waals surface area contributed by atoms with Gasteiger partial charge in [0.2, 0.25) is 0 Å². The highest BCUT2D eigenvalue weighted by Crippen LogP contribution is 2.19. The van der Waals surface area contributed by atoms with Gasteiger partial charge in [-0.25, -0.2) is 4.39 Å². The van der Waals surface area contributed by atoms with Gasteiger partial charge in [-0.2, -0.15) is 0 Å². The van der Waals surface area contributed by atoms with Crippen LogP contribution in [-0.4, -0.2) is 20.2 Å². The van der Waals surface area contributed by atoms with Gasteiger partial charge in [0.15, 0.2) is 0 Å². The van der Waals surface area contributed by atoms with Gasteiger partial charge in [0.05, 0.1) is 7.11 Å². The maximum absolute atomic E-state index is 13.1. The first kappa shape index (κ1) is 13.9. The fourth-order valence-electron chi connectivity index (χ4n) is 1.49. The molecule has 0 saturated heterocycles. The minimum absolute atomic E-state index is 0.0422. The molecule has 96 valence electrons. The predicted octanol–water partition coefficient (Wildman–Crippen LogP) is 1.91. The Bertz CT molecular complexity index is 366. The van der Waals surface area contributed by atoms with Gasteiger partial charge >= 0.3 is 0 Å². The monoisotopic (exact) mass is 240 g/mol. The normalized spacial score (nSPS) is 11.6. The number of ether oxygens (including phenoxy) is 1. The zero-order valence-electron chi connectivity index (χ0n) is 10.7. The highest BCUT2D eigenvalue weighted by Gasteiger charge is 2.15. The summed E-state index contributed by atoms with van der Waals surface area (Å²) in [6.07, 6.45) is 0. The van der Waals surface area contributed by atoms with Crippen molar-refractivity contribution in [3.05, 3.63) is 29.6 Å². The SMILES string of the molecule is COc1ccc(F)cc1CNCC(C)(C)CN. The van der Waals surface area contributed by atoms with Crippen molar-refractivity contribution in [2.24, 2.45) is 11.1 Å². The minimum atomic E-state index is -0.249. The third-order valence-corrected chi connectivity index (χ3v) is 2.71. The molecule has 17 heavy (non-hydrogen) atoms. The summed E-state index contributed by atoms with van der Waals surface area (Å²) < 4.78 is 18.3. The fourth-order valence-corrected chi connectivity index (χ4v) is 1.49. The molecular formula is C13H21FN2O. The van der Waals surface area contributed by atoms with E-state index in [1.54, 1.807) is 13.2 Å². The van der Waals surface area contributed by atoms with Crippen molar-refractivity contribution in [2.45, 2.75) is 20.4 Å². The van der Waals surface area contributed by atoms with Crippen molar-refractivity contribution in [3.8, 4) is 5.75 Å². The maximum atomic E-state index is 13.1. The molecule has 0 fully saturated rings. The first-order chi connectivity index (χ1) is 7.98. The van der Waals surface area contributed by atoms with Crippen LogP contribution in [0.15, 0.2) is 18.2 Å². The van der Waals surface area contributed by atoms with Crippen LogP contribution in [0, 0.1) is 11.2 Å². The van der Waals surface area contributed by atoms with E-state index in [0.717, 1.165) is 12.1 Å². The Morgan fingerprint density at radius 1 is 1.41 bits per heavy atom. The molecule has 0 aliphatic heterocycles. The standard InChI is InChI=1S/C13H21FN2O/c1-13(2,8-15)9-16-7-10-6-11(14)4-5-12(10)17-3/h4-6,16H,7-9,15H2,1-3H3. The third-order valence-electron chi connectivity index (χ3n) is 2.71. The largest absolute Gasteiger partial charge is 0.496 e. The van der Waals surface area contributed by atoms with Crippen LogP contribution in [0.1, 0.15) is 19.4 Å². The van der Waals surface area contributed by atoms with Gasteiger partial charge in [-0.05, 0) is 30.2 Å². The van der Waals surface area contributed by atoms with E-state index in [1.807, 2.05) is 0 Å². The number of nitrogens with one attached hydrogen (secondary N) is 1. The fraction of sp³-hybridized carbons (Fsp3) is 0.538. The number of halogens is 1. The molecule has 0 amide bonds. The summed E-state index contributed by atoms with van der Waals surface area (Å²) in [4.78, 5) is 0. The topological polar surface area (TPSA) is 47.3 Å². The van der Waals surface area contributed by atoms with Crippen LogP contribution in [-0.2, 0) is 6.54 Å². The first-order valence-corrected chi connectivity index (χ1v) is 5.72. The van der Waals surface area contributed by atoms with Gasteiger partial charge in [0, 0.05) is 18.7 Å². The summed E-state index contributed by atoms with van der Waals surface area (Å²) >= 11 is 0. The summed E-state index contributed by atoms with van der Waals surface area (Å²) in [5, 5.41) is 3.27. The average molecular weight is 240 g/mol. The zero-order valence-corrected chi connectivity index (χ0v) is 10.7. The van der Waals surface area contributed by atoms with Gasteiger partial charge in [-0.1, -0.05) is 13.8 Å².